The monoisotopic (exact) mass is 432 g/mol. The van der Waals surface area contributed by atoms with Crippen molar-refractivity contribution in [3.8, 4) is 0 Å². The van der Waals surface area contributed by atoms with Crippen molar-refractivity contribution in [2.24, 2.45) is 0 Å². The number of para-hydroxylation sites is 1. The first-order chi connectivity index (χ1) is 15.4. The minimum Gasteiger partial charge on any atom is -0.361 e. The smallest absolute Gasteiger partial charge is 0.290 e. The van der Waals surface area contributed by atoms with Crippen molar-refractivity contribution in [1.82, 2.24) is 31.3 Å². The predicted octanol–water partition coefficient (Wildman–Crippen LogP) is 0.913. The average molecular weight is 432 g/mol. The van der Waals surface area contributed by atoms with Crippen LogP contribution in [0.25, 0.3) is 21.7 Å². The van der Waals surface area contributed by atoms with E-state index in [1.54, 1.807) is 30.5 Å². The molecule has 0 aliphatic carbocycles. The van der Waals surface area contributed by atoms with Crippen molar-refractivity contribution in [2.45, 2.75) is 19.4 Å². The molecule has 0 unspecified atom stereocenters. The molecule has 1 atom stereocenters. The highest BCUT2D eigenvalue weighted by Gasteiger charge is 2.23. The summed E-state index contributed by atoms with van der Waals surface area (Å²) in [5.74, 6) is -1.70. The fourth-order valence-electron chi connectivity index (χ4n) is 3.53. The summed E-state index contributed by atoms with van der Waals surface area (Å²) >= 11 is 0. The standard InChI is InChI=1S/C22H20N6O4/c1-12(29)24-18(10-13-11-23-17-9-5-4-6-14(13)17)21(31)27-28-22(32)19-15-7-2-3-8-16(15)20(30)26-25-19/h2-9,11,18,23H,10H2,1H3,(H,24,29)(H,26,30)(H,27,31)(H,28,32)/t18-/m1/s1. The highest BCUT2D eigenvalue weighted by molar-refractivity contribution is 6.05. The lowest BCUT2D eigenvalue weighted by molar-refractivity contribution is -0.128. The third-order valence-electron chi connectivity index (χ3n) is 5.00. The van der Waals surface area contributed by atoms with E-state index in [1.807, 2.05) is 24.3 Å². The summed E-state index contributed by atoms with van der Waals surface area (Å²) < 4.78 is 0. The van der Waals surface area contributed by atoms with Crippen LogP contribution in [0.2, 0.25) is 0 Å². The van der Waals surface area contributed by atoms with Gasteiger partial charge in [0.15, 0.2) is 5.69 Å². The first-order valence-corrected chi connectivity index (χ1v) is 9.83. The molecule has 32 heavy (non-hydrogen) atoms. The molecule has 0 aliphatic heterocycles. The molecule has 0 bridgehead atoms. The lowest BCUT2D eigenvalue weighted by Gasteiger charge is -2.18. The highest BCUT2D eigenvalue weighted by atomic mass is 16.2. The van der Waals surface area contributed by atoms with Crippen LogP contribution in [0.4, 0.5) is 0 Å². The quantitative estimate of drug-likeness (QED) is 0.297. The van der Waals surface area contributed by atoms with Gasteiger partial charge in [-0.25, -0.2) is 5.10 Å². The van der Waals surface area contributed by atoms with Crippen LogP contribution in [0.1, 0.15) is 23.0 Å². The third-order valence-corrected chi connectivity index (χ3v) is 5.00. The number of amides is 3. The van der Waals surface area contributed by atoms with Crippen LogP contribution in [0, 0.1) is 0 Å². The zero-order valence-corrected chi connectivity index (χ0v) is 17.1. The number of nitrogens with one attached hydrogen (secondary N) is 5. The van der Waals surface area contributed by atoms with Crippen LogP contribution in [-0.4, -0.2) is 38.9 Å². The largest absolute Gasteiger partial charge is 0.361 e. The number of carbonyl (C=O) groups excluding carboxylic acids is 3. The minimum atomic E-state index is -0.924. The lowest BCUT2D eigenvalue weighted by atomic mass is 10.0. The molecule has 2 aromatic heterocycles. The van der Waals surface area contributed by atoms with E-state index in [-0.39, 0.29) is 18.0 Å². The second-order valence-corrected chi connectivity index (χ2v) is 7.21. The van der Waals surface area contributed by atoms with Gasteiger partial charge in [-0.05, 0) is 17.7 Å². The van der Waals surface area contributed by atoms with Crippen molar-refractivity contribution < 1.29 is 14.4 Å². The molecule has 0 spiro atoms. The number of H-pyrrole nitrogens is 2. The first kappa shape index (κ1) is 20.8. The summed E-state index contributed by atoms with van der Waals surface area (Å²) in [7, 11) is 0. The molecule has 4 aromatic rings. The Morgan fingerprint density at radius 1 is 0.969 bits per heavy atom. The van der Waals surface area contributed by atoms with Gasteiger partial charge in [-0.3, -0.25) is 30.0 Å². The number of hydrogen-bond acceptors (Lipinski definition) is 5. The van der Waals surface area contributed by atoms with Crippen LogP contribution in [0.5, 0.6) is 0 Å². The van der Waals surface area contributed by atoms with Gasteiger partial charge in [0.2, 0.25) is 5.91 Å². The van der Waals surface area contributed by atoms with E-state index in [9.17, 15) is 19.2 Å². The Morgan fingerprint density at radius 2 is 1.66 bits per heavy atom. The number of nitrogens with zero attached hydrogens (tertiary/aromatic N) is 1. The summed E-state index contributed by atoms with van der Waals surface area (Å²) in [6.07, 6.45) is 1.99. The third kappa shape index (κ3) is 4.19. The fraction of sp³-hybridized carbons (Fsp3) is 0.136. The number of hydrogen-bond donors (Lipinski definition) is 5. The maximum atomic E-state index is 12.8. The fourth-order valence-corrected chi connectivity index (χ4v) is 3.53. The van der Waals surface area contributed by atoms with Crippen LogP contribution < -0.4 is 21.7 Å². The number of aromatic nitrogens is 3. The van der Waals surface area contributed by atoms with E-state index in [0.717, 1.165) is 16.5 Å². The molecule has 0 saturated carbocycles. The SMILES string of the molecule is CC(=O)N[C@H](Cc1c[nH]c2ccccc12)C(=O)NNC(=O)c1n[nH]c(=O)c2ccccc12. The Morgan fingerprint density at radius 3 is 2.41 bits per heavy atom. The summed E-state index contributed by atoms with van der Waals surface area (Å²) in [5.41, 5.74) is 5.91. The van der Waals surface area contributed by atoms with Gasteiger partial charge in [0, 0.05) is 35.8 Å². The normalized spacial score (nSPS) is 11.8. The minimum absolute atomic E-state index is 0.0480. The van der Waals surface area contributed by atoms with Gasteiger partial charge in [0.25, 0.3) is 17.4 Å². The molecule has 0 fully saturated rings. The van der Waals surface area contributed by atoms with Crippen LogP contribution >= 0.6 is 0 Å². The zero-order valence-electron chi connectivity index (χ0n) is 17.1. The molecule has 162 valence electrons. The Hall–Kier alpha value is -4.47. The molecule has 5 N–H and O–H groups in total. The van der Waals surface area contributed by atoms with Crippen molar-refractivity contribution in [3.05, 3.63) is 76.3 Å². The molecule has 0 radical (unpaired) electrons. The van der Waals surface area contributed by atoms with Gasteiger partial charge in [-0.1, -0.05) is 36.4 Å². The van der Waals surface area contributed by atoms with Gasteiger partial charge in [-0.2, -0.15) is 5.10 Å². The molecule has 10 nitrogen and oxygen atoms in total. The lowest BCUT2D eigenvalue weighted by Crippen LogP contribution is -2.53. The van der Waals surface area contributed by atoms with E-state index in [0.29, 0.717) is 10.8 Å². The van der Waals surface area contributed by atoms with Crippen LogP contribution in [0.3, 0.4) is 0 Å². The number of fused-ring (bicyclic) bond motifs is 2. The topological polar surface area (TPSA) is 149 Å². The molecule has 0 saturated heterocycles. The van der Waals surface area contributed by atoms with Gasteiger partial charge in [-0.15, -0.1) is 0 Å². The van der Waals surface area contributed by atoms with Crippen molar-refractivity contribution in [3.63, 3.8) is 0 Å². The Balaban J connectivity index is 1.50. The van der Waals surface area contributed by atoms with E-state index >= 15 is 0 Å². The number of hydrazine groups is 1. The maximum Gasteiger partial charge on any atom is 0.290 e. The first-order valence-electron chi connectivity index (χ1n) is 9.83. The summed E-state index contributed by atoms with van der Waals surface area (Å²) in [6, 6.07) is 13.2. The summed E-state index contributed by atoms with van der Waals surface area (Å²) in [6.45, 7) is 1.31. The Labute approximate surface area is 181 Å². The van der Waals surface area contributed by atoms with Gasteiger partial charge in [0.1, 0.15) is 6.04 Å². The Kier molecular flexibility index (Phi) is 5.67. The molecule has 2 aromatic carbocycles. The van der Waals surface area contributed by atoms with E-state index in [1.165, 1.54) is 6.92 Å². The molecule has 2 heterocycles. The van der Waals surface area contributed by atoms with E-state index < -0.39 is 23.4 Å². The zero-order chi connectivity index (χ0) is 22.7. The molecule has 10 heteroatoms. The van der Waals surface area contributed by atoms with Crippen LogP contribution in [-0.2, 0) is 16.0 Å². The number of aromatic amines is 2. The highest BCUT2D eigenvalue weighted by Crippen LogP contribution is 2.19. The second kappa shape index (κ2) is 8.72. The summed E-state index contributed by atoms with van der Waals surface area (Å²) in [5, 5.41) is 10.3. The van der Waals surface area contributed by atoms with Crippen LogP contribution in [0.15, 0.2) is 59.5 Å². The maximum absolute atomic E-state index is 12.8. The van der Waals surface area contributed by atoms with Crippen molar-refractivity contribution in [1.29, 1.82) is 0 Å². The molecule has 4 rings (SSSR count). The molecular formula is C22H20N6O4. The van der Waals surface area contributed by atoms with Gasteiger partial charge in [0.05, 0.1) is 5.39 Å². The molecular weight excluding hydrogens is 412 g/mol. The molecule has 3 amide bonds. The summed E-state index contributed by atoms with van der Waals surface area (Å²) in [4.78, 5) is 52.1. The number of rotatable bonds is 5. The van der Waals surface area contributed by atoms with Gasteiger partial charge < -0.3 is 10.3 Å². The van der Waals surface area contributed by atoms with E-state index in [4.69, 9.17) is 0 Å². The Bertz CT molecular complexity index is 1390. The van der Waals surface area contributed by atoms with E-state index in [2.05, 4.69) is 31.3 Å². The number of benzene rings is 2. The average Bonchev–Trinajstić information content (AvgIpc) is 3.20. The van der Waals surface area contributed by atoms with Crippen molar-refractivity contribution >= 4 is 39.4 Å². The predicted molar refractivity (Wildman–Crippen MR) is 118 cm³/mol. The number of carbonyl (C=O) groups is 3. The van der Waals surface area contributed by atoms with Gasteiger partial charge >= 0.3 is 0 Å². The van der Waals surface area contributed by atoms with Crippen molar-refractivity contribution in [2.75, 3.05) is 0 Å². The molecule has 0 aliphatic rings. The second-order valence-electron chi connectivity index (χ2n) is 7.21.